The lowest BCUT2D eigenvalue weighted by Crippen LogP contribution is -2.36. The van der Waals surface area contributed by atoms with E-state index < -0.39 is 10.0 Å². The van der Waals surface area contributed by atoms with Gasteiger partial charge in [0, 0.05) is 32.2 Å². The van der Waals surface area contributed by atoms with Crippen molar-refractivity contribution in [3.63, 3.8) is 0 Å². The van der Waals surface area contributed by atoms with Gasteiger partial charge in [-0.1, -0.05) is 37.3 Å². The molecule has 1 atom stereocenters. The summed E-state index contributed by atoms with van der Waals surface area (Å²) in [5, 5.41) is 2.98. The Bertz CT molecular complexity index is 946. The third kappa shape index (κ3) is 6.63. The topological polar surface area (TPSA) is 69.7 Å². The van der Waals surface area contributed by atoms with Crippen molar-refractivity contribution in [3.05, 3.63) is 65.7 Å². The lowest BCUT2D eigenvalue weighted by atomic mass is 10.0. The monoisotopic (exact) mass is 443 g/mol. The Morgan fingerprint density at radius 3 is 2.52 bits per heavy atom. The fourth-order valence-electron chi connectivity index (χ4n) is 3.97. The zero-order chi connectivity index (χ0) is 22.3. The van der Waals surface area contributed by atoms with E-state index in [9.17, 15) is 13.2 Å². The first-order valence-electron chi connectivity index (χ1n) is 11.0. The van der Waals surface area contributed by atoms with Crippen molar-refractivity contribution in [2.75, 3.05) is 33.2 Å². The summed E-state index contributed by atoms with van der Waals surface area (Å²) in [6.45, 7) is 6.53. The Balaban J connectivity index is 1.46. The SMILES string of the molecule is C[C@@H]1CCCN(CCCNC(=O)c2ccc(CN(C)S(=O)(=O)c3ccccc3)cc2)C1. The van der Waals surface area contributed by atoms with Crippen LogP contribution in [-0.2, 0) is 16.6 Å². The summed E-state index contributed by atoms with van der Waals surface area (Å²) in [5.74, 6) is 0.674. The normalized spacial score (nSPS) is 17.6. The maximum atomic E-state index is 12.6. The van der Waals surface area contributed by atoms with Crippen molar-refractivity contribution in [3.8, 4) is 0 Å². The van der Waals surface area contributed by atoms with Gasteiger partial charge in [0.1, 0.15) is 0 Å². The third-order valence-electron chi connectivity index (χ3n) is 5.75. The number of carbonyl (C=O) groups excluding carboxylic acids is 1. The molecule has 1 heterocycles. The average molecular weight is 444 g/mol. The predicted molar refractivity (Wildman–Crippen MR) is 123 cm³/mol. The predicted octanol–water partition coefficient (Wildman–Crippen LogP) is 3.36. The van der Waals surface area contributed by atoms with Gasteiger partial charge in [-0.05, 0) is 68.1 Å². The number of rotatable bonds is 9. The quantitative estimate of drug-likeness (QED) is 0.604. The van der Waals surface area contributed by atoms with Gasteiger partial charge in [0.15, 0.2) is 0 Å². The largest absolute Gasteiger partial charge is 0.352 e. The van der Waals surface area contributed by atoms with Crippen LogP contribution in [0.2, 0.25) is 0 Å². The fraction of sp³-hybridized carbons (Fsp3) is 0.458. The number of nitrogens with one attached hydrogen (secondary N) is 1. The van der Waals surface area contributed by atoms with Gasteiger partial charge in [0.2, 0.25) is 10.0 Å². The van der Waals surface area contributed by atoms with Crippen LogP contribution in [0.25, 0.3) is 0 Å². The molecule has 31 heavy (non-hydrogen) atoms. The summed E-state index contributed by atoms with van der Waals surface area (Å²) in [6.07, 6.45) is 3.53. The van der Waals surface area contributed by atoms with Crippen LogP contribution < -0.4 is 5.32 Å². The summed E-state index contributed by atoms with van der Waals surface area (Å²) in [4.78, 5) is 15.1. The molecule has 7 heteroatoms. The van der Waals surface area contributed by atoms with E-state index in [4.69, 9.17) is 0 Å². The highest BCUT2D eigenvalue weighted by Gasteiger charge is 2.20. The van der Waals surface area contributed by atoms with Crippen LogP contribution in [0.3, 0.4) is 0 Å². The molecule has 2 aromatic rings. The molecule has 0 aromatic heterocycles. The number of hydrogen-bond donors (Lipinski definition) is 1. The van der Waals surface area contributed by atoms with Crippen molar-refractivity contribution in [2.24, 2.45) is 5.92 Å². The van der Waals surface area contributed by atoms with Crippen LogP contribution in [-0.4, -0.2) is 56.8 Å². The Morgan fingerprint density at radius 2 is 1.84 bits per heavy atom. The minimum Gasteiger partial charge on any atom is -0.352 e. The first-order chi connectivity index (χ1) is 14.9. The molecule has 1 fully saturated rings. The molecule has 0 aliphatic carbocycles. The zero-order valence-corrected chi connectivity index (χ0v) is 19.3. The molecule has 0 saturated carbocycles. The molecule has 168 valence electrons. The molecule has 0 spiro atoms. The fourth-order valence-corrected chi connectivity index (χ4v) is 5.15. The molecular weight excluding hydrogens is 410 g/mol. The number of piperidine rings is 1. The smallest absolute Gasteiger partial charge is 0.251 e. The average Bonchev–Trinajstić information content (AvgIpc) is 2.77. The highest BCUT2D eigenvalue weighted by atomic mass is 32.2. The Labute approximate surface area is 186 Å². The Morgan fingerprint density at radius 1 is 1.13 bits per heavy atom. The van der Waals surface area contributed by atoms with Crippen LogP contribution in [0.4, 0.5) is 0 Å². The number of hydrogen-bond acceptors (Lipinski definition) is 4. The second-order valence-corrected chi connectivity index (χ2v) is 10.5. The van der Waals surface area contributed by atoms with Crippen molar-refractivity contribution in [1.82, 2.24) is 14.5 Å². The van der Waals surface area contributed by atoms with Gasteiger partial charge in [-0.15, -0.1) is 0 Å². The van der Waals surface area contributed by atoms with E-state index in [0.717, 1.165) is 37.5 Å². The van der Waals surface area contributed by atoms with E-state index in [1.165, 1.54) is 17.1 Å². The first-order valence-corrected chi connectivity index (χ1v) is 12.4. The molecule has 0 bridgehead atoms. The maximum absolute atomic E-state index is 12.6. The molecule has 1 aliphatic rings. The number of sulfonamides is 1. The number of likely N-dealkylation sites (tertiary alicyclic amines) is 1. The molecule has 1 N–H and O–H groups in total. The Hall–Kier alpha value is -2.22. The van der Waals surface area contributed by atoms with Crippen molar-refractivity contribution in [1.29, 1.82) is 0 Å². The molecule has 6 nitrogen and oxygen atoms in total. The summed E-state index contributed by atoms with van der Waals surface area (Å²) < 4.78 is 26.6. The van der Waals surface area contributed by atoms with Gasteiger partial charge < -0.3 is 10.2 Å². The van der Waals surface area contributed by atoms with E-state index in [-0.39, 0.29) is 17.3 Å². The van der Waals surface area contributed by atoms with E-state index >= 15 is 0 Å². The third-order valence-corrected chi connectivity index (χ3v) is 7.57. The van der Waals surface area contributed by atoms with Crippen LogP contribution in [0.15, 0.2) is 59.5 Å². The summed E-state index contributed by atoms with van der Waals surface area (Å²) >= 11 is 0. The van der Waals surface area contributed by atoms with E-state index in [2.05, 4.69) is 17.1 Å². The molecule has 3 rings (SSSR count). The van der Waals surface area contributed by atoms with Crippen LogP contribution in [0.1, 0.15) is 42.1 Å². The van der Waals surface area contributed by atoms with Gasteiger partial charge in [-0.3, -0.25) is 4.79 Å². The molecule has 0 radical (unpaired) electrons. The highest BCUT2D eigenvalue weighted by Crippen LogP contribution is 2.17. The van der Waals surface area contributed by atoms with Gasteiger partial charge in [0.05, 0.1) is 4.90 Å². The molecule has 0 unspecified atom stereocenters. The minimum absolute atomic E-state index is 0.0937. The first kappa shape index (κ1) is 23.4. The van der Waals surface area contributed by atoms with Crippen molar-refractivity contribution >= 4 is 15.9 Å². The summed E-state index contributed by atoms with van der Waals surface area (Å²) in [5.41, 5.74) is 1.42. The van der Waals surface area contributed by atoms with Gasteiger partial charge >= 0.3 is 0 Å². The maximum Gasteiger partial charge on any atom is 0.251 e. The van der Waals surface area contributed by atoms with Crippen LogP contribution in [0.5, 0.6) is 0 Å². The summed E-state index contributed by atoms with van der Waals surface area (Å²) in [6, 6.07) is 15.5. The lowest BCUT2D eigenvalue weighted by molar-refractivity contribution is 0.0950. The number of amides is 1. The number of benzene rings is 2. The van der Waals surface area contributed by atoms with Crippen LogP contribution in [0, 0.1) is 5.92 Å². The second kappa shape index (κ2) is 10.9. The summed E-state index contributed by atoms with van der Waals surface area (Å²) in [7, 11) is -1.98. The van der Waals surface area contributed by atoms with E-state index in [0.29, 0.717) is 12.1 Å². The zero-order valence-electron chi connectivity index (χ0n) is 18.5. The van der Waals surface area contributed by atoms with E-state index in [1.807, 2.05) is 0 Å². The molecule has 2 aromatic carbocycles. The number of nitrogens with zero attached hydrogens (tertiary/aromatic N) is 2. The van der Waals surface area contributed by atoms with Crippen molar-refractivity contribution in [2.45, 2.75) is 37.6 Å². The van der Waals surface area contributed by atoms with Gasteiger partial charge in [0.25, 0.3) is 5.91 Å². The molecule has 1 amide bonds. The lowest BCUT2D eigenvalue weighted by Gasteiger charge is -2.30. The second-order valence-electron chi connectivity index (χ2n) is 8.43. The van der Waals surface area contributed by atoms with Crippen molar-refractivity contribution < 1.29 is 13.2 Å². The highest BCUT2D eigenvalue weighted by molar-refractivity contribution is 7.89. The minimum atomic E-state index is -3.54. The van der Waals surface area contributed by atoms with Gasteiger partial charge in [-0.2, -0.15) is 4.31 Å². The molecule has 1 saturated heterocycles. The van der Waals surface area contributed by atoms with E-state index in [1.54, 1.807) is 61.6 Å². The van der Waals surface area contributed by atoms with Gasteiger partial charge in [-0.25, -0.2) is 8.42 Å². The molecule has 1 aliphatic heterocycles. The molecular formula is C24H33N3O3S. The number of carbonyl (C=O) groups is 1. The van der Waals surface area contributed by atoms with Crippen LogP contribution >= 0.6 is 0 Å². The standard InChI is InChI=1S/C24H33N3O3S/c1-20-8-6-16-27(18-20)17-7-15-25-24(28)22-13-11-21(12-14-22)19-26(2)31(29,30)23-9-4-3-5-10-23/h3-5,9-14,20H,6-8,15-19H2,1-2H3,(H,25,28)/t20-/m1/s1. The Kier molecular flexibility index (Phi) is 8.23.